The minimum absolute atomic E-state index is 0.586. The lowest BCUT2D eigenvalue weighted by Crippen LogP contribution is -2.03. The summed E-state index contributed by atoms with van der Waals surface area (Å²) in [5.41, 5.74) is 8.06. The molecule has 0 atom stereocenters. The predicted octanol–water partition coefficient (Wildman–Crippen LogP) is 13.7. The molecule has 8 aromatic carbocycles. The molecular formula is C48H25N3O2S. The fourth-order valence-corrected chi connectivity index (χ4v) is 10.1. The van der Waals surface area contributed by atoms with Crippen molar-refractivity contribution in [3.63, 3.8) is 0 Å². The molecule has 5 aromatic heterocycles. The van der Waals surface area contributed by atoms with Crippen molar-refractivity contribution >= 4 is 119 Å². The minimum atomic E-state index is 0.586. The van der Waals surface area contributed by atoms with E-state index in [0.717, 1.165) is 113 Å². The average molecular weight is 708 g/mol. The van der Waals surface area contributed by atoms with Crippen LogP contribution in [0.1, 0.15) is 0 Å². The zero-order chi connectivity index (χ0) is 35.1. The van der Waals surface area contributed by atoms with Gasteiger partial charge in [-0.2, -0.15) is 0 Å². The number of thiophene rings is 1. The van der Waals surface area contributed by atoms with Crippen LogP contribution in [0.2, 0.25) is 0 Å². The van der Waals surface area contributed by atoms with Gasteiger partial charge in [-0.25, -0.2) is 9.97 Å². The van der Waals surface area contributed by atoms with Crippen molar-refractivity contribution in [3.05, 3.63) is 152 Å². The molecule has 0 N–H and O–H groups in total. The maximum absolute atomic E-state index is 6.94. The van der Waals surface area contributed by atoms with Crippen LogP contribution in [0.4, 0.5) is 0 Å². The zero-order valence-electron chi connectivity index (χ0n) is 28.5. The molecule has 0 bridgehead atoms. The standard InChI is InChI=1S/C48H25N3O2S/c1-2-13-27-26(12-1)24-25-34-39-29-15-3-4-16-30(29)40-32-17-6-9-22-37(32)53-46(40)44(39)51(43(27)34)48-49-41-33-18-7-10-23-38(33)54-47(41)42(50-48)35-20-11-19-31-28-14-5-8-21-36(28)52-45(31)35/h1-25H. The molecule has 13 rings (SSSR count). The number of nitrogens with zero attached hydrogens (tertiary/aromatic N) is 3. The Kier molecular flexibility index (Phi) is 5.45. The first-order valence-corrected chi connectivity index (χ1v) is 18.9. The van der Waals surface area contributed by atoms with E-state index in [9.17, 15) is 0 Å². The maximum Gasteiger partial charge on any atom is 0.236 e. The quantitative estimate of drug-likeness (QED) is 0.179. The summed E-state index contributed by atoms with van der Waals surface area (Å²) < 4.78 is 18.1. The summed E-state index contributed by atoms with van der Waals surface area (Å²) >= 11 is 1.73. The molecule has 13 aromatic rings. The van der Waals surface area contributed by atoms with Gasteiger partial charge in [0.25, 0.3) is 0 Å². The van der Waals surface area contributed by atoms with Crippen LogP contribution in [0, 0.1) is 0 Å². The molecule has 0 fully saturated rings. The van der Waals surface area contributed by atoms with Gasteiger partial charge in [0.1, 0.15) is 22.3 Å². The first kappa shape index (κ1) is 28.6. The molecule has 54 heavy (non-hydrogen) atoms. The fraction of sp³-hybridized carbons (Fsp3) is 0. The molecule has 0 amide bonds. The molecule has 0 aliphatic heterocycles. The average Bonchev–Trinajstić information content (AvgIpc) is 3.99. The molecule has 0 aliphatic rings. The predicted molar refractivity (Wildman–Crippen MR) is 224 cm³/mol. The number of hydrogen-bond donors (Lipinski definition) is 0. The topological polar surface area (TPSA) is 57.0 Å². The molecule has 5 nitrogen and oxygen atoms in total. The van der Waals surface area contributed by atoms with Crippen LogP contribution in [-0.4, -0.2) is 14.5 Å². The van der Waals surface area contributed by atoms with Crippen LogP contribution >= 0.6 is 11.3 Å². The van der Waals surface area contributed by atoms with E-state index in [2.05, 4.69) is 138 Å². The van der Waals surface area contributed by atoms with Crippen LogP contribution in [0.5, 0.6) is 0 Å². The molecule has 0 aliphatic carbocycles. The molecule has 0 radical (unpaired) electrons. The third kappa shape index (κ3) is 3.62. The molecule has 0 unspecified atom stereocenters. The lowest BCUT2D eigenvalue weighted by Gasteiger charge is -2.12. The lowest BCUT2D eigenvalue weighted by atomic mass is 9.98. The first-order chi connectivity index (χ1) is 26.8. The van der Waals surface area contributed by atoms with E-state index in [1.807, 2.05) is 18.2 Å². The van der Waals surface area contributed by atoms with Crippen LogP contribution in [0.3, 0.4) is 0 Å². The Bertz CT molecular complexity index is 3750. The zero-order valence-corrected chi connectivity index (χ0v) is 29.3. The number of fused-ring (bicyclic) bond motifs is 18. The molecule has 5 heterocycles. The summed E-state index contributed by atoms with van der Waals surface area (Å²) in [7, 11) is 0. The number of benzene rings is 8. The summed E-state index contributed by atoms with van der Waals surface area (Å²) in [6.45, 7) is 0. The highest BCUT2D eigenvalue weighted by atomic mass is 32.1. The van der Waals surface area contributed by atoms with Crippen LogP contribution in [0.25, 0.3) is 125 Å². The molecule has 6 heteroatoms. The summed E-state index contributed by atoms with van der Waals surface area (Å²) in [6, 6.07) is 53.3. The molecular weight excluding hydrogens is 683 g/mol. The Morgan fingerprint density at radius 3 is 1.94 bits per heavy atom. The third-order valence-corrected chi connectivity index (χ3v) is 12.4. The largest absolute Gasteiger partial charge is 0.455 e. The molecule has 250 valence electrons. The third-order valence-electron chi connectivity index (χ3n) is 11.2. The Hall–Kier alpha value is -7.02. The summed E-state index contributed by atoms with van der Waals surface area (Å²) in [5, 5.41) is 12.3. The summed E-state index contributed by atoms with van der Waals surface area (Å²) in [5.74, 6) is 0.586. The highest BCUT2D eigenvalue weighted by Crippen LogP contribution is 2.48. The smallest absolute Gasteiger partial charge is 0.236 e. The number of furan rings is 2. The van der Waals surface area contributed by atoms with Crippen molar-refractivity contribution in [3.8, 4) is 17.2 Å². The number of hydrogen-bond acceptors (Lipinski definition) is 5. The van der Waals surface area contributed by atoms with Crippen molar-refractivity contribution in [1.29, 1.82) is 0 Å². The van der Waals surface area contributed by atoms with Gasteiger partial charge in [-0.3, -0.25) is 4.57 Å². The summed E-state index contributed by atoms with van der Waals surface area (Å²) in [4.78, 5) is 11.2. The lowest BCUT2D eigenvalue weighted by molar-refractivity contribution is 0.669. The van der Waals surface area contributed by atoms with E-state index in [-0.39, 0.29) is 0 Å². The van der Waals surface area contributed by atoms with E-state index in [1.165, 1.54) is 5.39 Å². The Morgan fingerprint density at radius 2 is 1.09 bits per heavy atom. The monoisotopic (exact) mass is 707 g/mol. The van der Waals surface area contributed by atoms with Crippen molar-refractivity contribution < 1.29 is 8.83 Å². The van der Waals surface area contributed by atoms with Gasteiger partial charge in [-0.05, 0) is 40.4 Å². The maximum atomic E-state index is 6.94. The van der Waals surface area contributed by atoms with Crippen LogP contribution < -0.4 is 0 Å². The van der Waals surface area contributed by atoms with E-state index >= 15 is 0 Å². The Labute approximate surface area is 309 Å². The normalized spacial score (nSPS) is 12.4. The van der Waals surface area contributed by atoms with Crippen LogP contribution in [0.15, 0.2) is 160 Å². The second-order valence-corrected chi connectivity index (χ2v) is 15.1. The minimum Gasteiger partial charge on any atom is -0.455 e. The van der Waals surface area contributed by atoms with E-state index in [1.54, 1.807) is 11.3 Å². The fourth-order valence-electron chi connectivity index (χ4n) is 8.93. The summed E-state index contributed by atoms with van der Waals surface area (Å²) in [6.07, 6.45) is 0. The van der Waals surface area contributed by atoms with Crippen molar-refractivity contribution in [2.45, 2.75) is 0 Å². The molecule has 0 saturated carbocycles. The van der Waals surface area contributed by atoms with E-state index in [0.29, 0.717) is 5.95 Å². The van der Waals surface area contributed by atoms with Gasteiger partial charge in [0.15, 0.2) is 5.58 Å². The van der Waals surface area contributed by atoms with Gasteiger partial charge in [-0.15, -0.1) is 11.3 Å². The second kappa shape index (κ2) is 10.3. The Morgan fingerprint density at radius 1 is 0.444 bits per heavy atom. The first-order valence-electron chi connectivity index (χ1n) is 18.1. The van der Waals surface area contributed by atoms with Gasteiger partial charge < -0.3 is 8.83 Å². The van der Waals surface area contributed by atoms with E-state index in [4.69, 9.17) is 18.8 Å². The second-order valence-electron chi connectivity index (χ2n) is 14.0. The van der Waals surface area contributed by atoms with Crippen LogP contribution in [-0.2, 0) is 0 Å². The SMILES string of the molecule is c1ccc2c(c1)ccc1c3c4ccccc4c4c5ccccc5oc4c3n(-c3nc(-c4cccc5c4oc4ccccc45)c4sc5ccccc5c4n3)c21. The molecule has 0 saturated heterocycles. The van der Waals surface area contributed by atoms with Gasteiger partial charge in [0, 0.05) is 53.4 Å². The van der Waals surface area contributed by atoms with Gasteiger partial charge in [-0.1, -0.05) is 127 Å². The molecule has 0 spiro atoms. The number of para-hydroxylation sites is 3. The number of rotatable bonds is 2. The Balaban J connectivity index is 1.28. The number of aromatic nitrogens is 3. The van der Waals surface area contributed by atoms with Crippen molar-refractivity contribution in [2.24, 2.45) is 0 Å². The highest BCUT2D eigenvalue weighted by molar-refractivity contribution is 7.26. The highest BCUT2D eigenvalue weighted by Gasteiger charge is 2.27. The van der Waals surface area contributed by atoms with Crippen molar-refractivity contribution in [1.82, 2.24) is 14.5 Å². The van der Waals surface area contributed by atoms with Gasteiger partial charge >= 0.3 is 0 Å². The van der Waals surface area contributed by atoms with Crippen molar-refractivity contribution in [2.75, 3.05) is 0 Å². The van der Waals surface area contributed by atoms with E-state index < -0.39 is 0 Å². The van der Waals surface area contributed by atoms with Gasteiger partial charge in [0.2, 0.25) is 5.95 Å². The van der Waals surface area contributed by atoms with Gasteiger partial charge in [0.05, 0.1) is 21.4 Å².